The first-order valence-electron chi connectivity index (χ1n) is 9.76. The largest absolute Gasteiger partial charge is 0.463 e. The molecule has 0 spiro atoms. The van der Waals surface area contributed by atoms with E-state index >= 15 is 0 Å². The molecule has 0 amide bonds. The van der Waals surface area contributed by atoms with Crippen molar-refractivity contribution in [3.05, 3.63) is 0 Å². The van der Waals surface area contributed by atoms with Gasteiger partial charge in [-0.15, -0.1) is 0 Å². The fourth-order valence-corrected chi connectivity index (χ4v) is 3.47. The van der Waals surface area contributed by atoms with Crippen molar-refractivity contribution in [1.82, 2.24) is 0 Å². The van der Waals surface area contributed by atoms with Crippen LogP contribution in [0.25, 0.3) is 0 Å². The second-order valence-electron chi connectivity index (χ2n) is 6.99. The lowest BCUT2D eigenvalue weighted by Gasteiger charge is -2.40. The molecule has 0 N–H and O–H groups in total. The van der Waals surface area contributed by atoms with Crippen molar-refractivity contribution in [1.29, 1.82) is 0 Å². The van der Waals surface area contributed by atoms with Crippen molar-refractivity contribution in [3.8, 4) is 0 Å². The molecule has 2 fully saturated rings. The molecular formula is C19H32O8. The molecule has 0 aromatic rings. The smallest absolute Gasteiger partial charge is 0.303 e. The van der Waals surface area contributed by atoms with E-state index in [0.29, 0.717) is 0 Å². The highest BCUT2D eigenvalue weighted by molar-refractivity contribution is 5.66. The molecule has 8 heteroatoms. The summed E-state index contributed by atoms with van der Waals surface area (Å²) in [6, 6.07) is 0. The van der Waals surface area contributed by atoms with Gasteiger partial charge in [0.05, 0.1) is 0 Å². The number of fused-ring (bicyclic) bond motifs is 1. The molecule has 0 saturated carbocycles. The number of ether oxygens (including phenoxy) is 6. The van der Waals surface area contributed by atoms with Crippen LogP contribution < -0.4 is 0 Å². The molecule has 8 nitrogen and oxygen atoms in total. The maximum atomic E-state index is 11.5. The van der Waals surface area contributed by atoms with Crippen LogP contribution in [-0.4, -0.2) is 62.7 Å². The van der Waals surface area contributed by atoms with E-state index in [9.17, 15) is 9.59 Å². The van der Waals surface area contributed by atoms with Crippen molar-refractivity contribution in [2.45, 2.75) is 96.3 Å². The summed E-state index contributed by atoms with van der Waals surface area (Å²) in [6.07, 6.45) is 2.92. The van der Waals surface area contributed by atoms with Gasteiger partial charge in [0.2, 0.25) is 0 Å². The molecule has 6 atom stereocenters. The summed E-state index contributed by atoms with van der Waals surface area (Å²) < 4.78 is 33.7. The monoisotopic (exact) mass is 388 g/mol. The summed E-state index contributed by atoms with van der Waals surface area (Å²) >= 11 is 0. The Morgan fingerprint density at radius 2 is 1.63 bits per heavy atom. The molecule has 6 unspecified atom stereocenters. The van der Waals surface area contributed by atoms with Crippen molar-refractivity contribution in [2.24, 2.45) is 0 Å². The summed E-state index contributed by atoms with van der Waals surface area (Å²) in [5, 5.41) is 0. The molecule has 2 saturated heterocycles. The molecule has 2 aliphatic heterocycles. The van der Waals surface area contributed by atoms with E-state index < -0.39 is 48.9 Å². The second kappa shape index (κ2) is 10.9. The van der Waals surface area contributed by atoms with Gasteiger partial charge in [-0.1, -0.05) is 32.6 Å². The van der Waals surface area contributed by atoms with Gasteiger partial charge in [0, 0.05) is 21.0 Å². The van der Waals surface area contributed by atoms with E-state index in [0.717, 1.165) is 19.3 Å². The molecule has 2 aliphatic rings. The molecule has 0 radical (unpaired) electrons. The van der Waals surface area contributed by atoms with Crippen molar-refractivity contribution >= 4 is 11.9 Å². The van der Waals surface area contributed by atoms with Crippen LogP contribution in [0, 0.1) is 0 Å². The van der Waals surface area contributed by atoms with Crippen LogP contribution in [0.5, 0.6) is 0 Å². The SMILES string of the molecule is CCCCCCCC1OC2C(COC(C)=O)OC(OC)C(OC(C)=O)C2O1. The van der Waals surface area contributed by atoms with Crippen LogP contribution in [0.15, 0.2) is 0 Å². The molecule has 0 bridgehead atoms. The first-order valence-corrected chi connectivity index (χ1v) is 9.76. The highest BCUT2D eigenvalue weighted by Crippen LogP contribution is 2.36. The van der Waals surface area contributed by atoms with Gasteiger partial charge in [-0.25, -0.2) is 0 Å². The topological polar surface area (TPSA) is 89.5 Å². The standard InChI is InChI=1S/C19H32O8/c1-5-6-7-8-9-10-15-26-16-14(11-23-12(2)20)25-19(22-4)18(17(16)27-15)24-13(3)21/h14-19H,5-11H2,1-4H3. The first kappa shape index (κ1) is 22.1. The normalized spacial score (nSPS) is 32.7. The lowest BCUT2D eigenvalue weighted by atomic mass is 9.99. The number of methoxy groups -OCH3 is 1. The third-order valence-corrected chi connectivity index (χ3v) is 4.74. The molecule has 27 heavy (non-hydrogen) atoms. The fraction of sp³-hybridized carbons (Fsp3) is 0.895. The summed E-state index contributed by atoms with van der Waals surface area (Å²) in [5.41, 5.74) is 0. The van der Waals surface area contributed by atoms with Crippen LogP contribution >= 0.6 is 0 Å². The average Bonchev–Trinajstić information content (AvgIpc) is 3.04. The number of unbranched alkanes of at least 4 members (excludes halogenated alkanes) is 4. The average molecular weight is 388 g/mol. The van der Waals surface area contributed by atoms with Gasteiger partial charge in [-0.2, -0.15) is 0 Å². The fourth-order valence-electron chi connectivity index (χ4n) is 3.47. The number of carbonyl (C=O) groups excluding carboxylic acids is 2. The Balaban J connectivity index is 2.01. The third kappa shape index (κ3) is 6.41. The van der Waals surface area contributed by atoms with Gasteiger partial charge in [0.15, 0.2) is 18.7 Å². The Morgan fingerprint density at radius 1 is 0.926 bits per heavy atom. The van der Waals surface area contributed by atoms with Gasteiger partial charge >= 0.3 is 11.9 Å². The van der Waals surface area contributed by atoms with Crippen molar-refractivity contribution in [2.75, 3.05) is 13.7 Å². The number of carbonyl (C=O) groups is 2. The summed E-state index contributed by atoms with van der Waals surface area (Å²) in [4.78, 5) is 22.7. The summed E-state index contributed by atoms with van der Waals surface area (Å²) in [5.74, 6) is -0.855. The van der Waals surface area contributed by atoms with E-state index in [-0.39, 0.29) is 6.61 Å². The van der Waals surface area contributed by atoms with E-state index in [1.54, 1.807) is 0 Å². The van der Waals surface area contributed by atoms with Crippen LogP contribution in [0.1, 0.15) is 59.3 Å². The number of esters is 2. The minimum absolute atomic E-state index is 0.0235. The van der Waals surface area contributed by atoms with Gasteiger partial charge in [-0.05, 0) is 12.8 Å². The first-order chi connectivity index (χ1) is 13.0. The Labute approximate surface area is 160 Å². The van der Waals surface area contributed by atoms with E-state index in [2.05, 4.69) is 6.92 Å². The molecule has 0 aliphatic carbocycles. The Hall–Kier alpha value is -1.22. The maximum absolute atomic E-state index is 11.5. The van der Waals surface area contributed by atoms with Crippen molar-refractivity contribution < 1.29 is 38.0 Å². The zero-order valence-electron chi connectivity index (χ0n) is 16.7. The second-order valence-corrected chi connectivity index (χ2v) is 6.99. The quantitative estimate of drug-likeness (QED) is 0.416. The number of hydrogen-bond donors (Lipinski definition) is 0. The lowest BCUT2D eigenvalue weighted by molar-refractivity contribution is -0.279. The molecule has 156 valence electrons. The van der Waals surface area contributed by atoms with E-state index in [4.69, 9.17) is 28.4 Å². The van der Waals surface area contributed by atoms with Crippen LogP contribution in [0.4, 0.5) is 0 Å². The molecular weight excluding hydrogens is 356 g/mol. The minimum Gasteiger partial charge on any atom is -0.463 e. The predicted octanol–water partition coefficient (Wildman–Crippen LogP) is 2.32. The van der Waals surface area contributed by atoms with E-state index in [1.807, 2.05) is 0 Å². The highest BCUT2D eigenvalue weighted by atomic mass is 16.8. The van der Waals surface area contributed by atoms with Gasteiger partial charge in [0.1, 0.15) is 24.9 Å². The predicted molar refractivity (Wildman–Crippen MR) is 94.8 cm³/mol. The van der Waals surface area contributed by atoms with Gasteiger partial charge in [0.25, 0.3) is 0 Å². The zero-order chi connectivity index (χ0) is 19.8. The van der Waals surface area contributed by atoms with E-state index in [1.165, 1.54) is 40.2 Å². The van der Waals surface area contributed by atoms with Crippen LogP contribution in [0.2, 0.25) is 0 Å². The van der Waals surface area contributed by atoms with Gasteiger partial charge < -0.3 is 28.4 Å². The van der Waals surface area contributed by atoms with Crippen LogP contribution in [-0.2, 0) is 38.0 Å². The van der Waals surface area contributed by atoms with Crippen molar-refractivity contribution in [3.63, 3.8) is 0 Å². The summed E-state index contributed by atoms with van der Waals surface area (Å²) in [6.45, 7) is 4.86. The van der Waals surface area contributed by atoms with Gasteiger partial charge in [-0.3, -0.25) is 9.59 Å². The maximum Gasteiger partial charge on any atom is 0.303 e. The third-order valence-electron chi connectivity index (χ3n) is 4.74. The molecule has 2 rings (SSSR count). The lowest BCUT2D eigenvalue weighted by Crippen LogP contribution is -2.59. The Kier molecular flexibility index (Phi) is 8.95. The zero-order valence-corrected chi connectivity index (χ0v) is 16.7. The Bertz CT molecular complexity index is 482. The summed E-state index contributed by atoms with van der Waals surface area (Å²) in [7, 11) is 1.46. The molecule has 0 aromatic heterocycles. The molecule has 2 heterocycles. The molecule has 0 aromatic carbocycles. The number of rotatable bonds is 10. The van der Waals surface area contributed by atoms with Crippen LogP contribution in [0.3, 0.4) is 0 Å². The highest BCUT2D eigenvalue weighted by Gasteiger charge is 2.54. The Morgan fingerprint density at radius 3 is 2.26 bits per heavy atom. The minimum atomic E-state index is -0.817. The number of hydrogen-bond acceptors (Lipinski definition) is 8.